The fourth-order valence-electron chi connectivity index (χ4n) is 6.54. The van der Waals surface area contributed by atoms with Crippen molar-refractivity contribution in [2.24, 2.45) is 0 Å². The zero-order valence-corrected chi connectivity index (χ0v) is 26.5. The first-order valence-corrected chi connectivity index (χ1v) is 16.0. The monoisotopic (exact) mass is 615 g/mol. The van der Waals surface area contributed by atoms with Gasteiger partial charge in [-0.2, -0.15) is 0 Å². The summed E-state index contributed by atoms with van der Waals surface area (Å²) in [5.74, 6) is -0.514. The van der Waals surface area contributed by atoms with Crippen molar-refractivity contribution >= 4 is 17.3 Å². The number of esters is 1. The molecule has 3 aliphatic heterocycles. The second-order valence-electron chi connectivity index (χ2n) is 12.5. The van der Waals surface area contributed by atoms with E-state index in [-0.39, 0.29) is 24.1 Å². The van der Waals surface area contributed by atoms with Crippen molar-refractivity contribution in [1.82, 2.24) is 9.38 Å². The number of carbonyl (C=O) groups excluding carboxylic acids is 1. The molecule has 8 nitrogen and oxygen atoms in total. The molecule has 0 aliphatic carbocycles. The highest BCUT2D eigenvalue weighted by Gasteiger charge is 2.35. The van der Waals surface area contributed by atoms with Gasteiger partial charge in [-0.25, -0.2) is 14.2 Å². The van der Waals surface area contributed by atoms with Crippen LogP contribution >= 0.6 is 0 Å². The molecule has 0 saturated carbocycles. The van der Waals surface area contributed by atoms with Crippen LogP contribution in [0.1, 0.15) is 70.1 Å². The maximum absolute atomic E-state index is 14.4. The lowest BCUT2D eigenvalue weighted by molar-refractivity contribution is -0.153. The highest BCUT2D eigenvalue weighted by molar-refractivity contribution is 5.86. The maximum atomic E-state index is 14.4. The number of hydrogen-bond acceptors (Lipinski definition) is 7. The van der Waals surface area contributed by atoms with E-state index in [4.69, 9.17) is 19.2 Å². The number of nitrogens with zero attached hydrogens (tertiary/aromatic N) is 3. The van der Waals surface area contributed by atoms with E-state index in [0.29, 0.717) is 36.7 Å². The Labute approximate surface area is 263 Å². The average molecular weight is 616 g/mol. The van der Waals surface area contributed by atoms with Crippen molar-refractivity contribution in [3.05, 3.63) is 71.8 Å². The Kier molecular flexibility index (Phi) is 8.84. The highest BCUT2D eigenvalue weighted by Crippen LogP contribution is 2.40. The number of fused-ring (bicyclic) bond motifs is 8. The number of ether oxygens (including phenoxy) is 3. The number of halogens is 1. The standard InChI is InChI=1S/C36H42FN3O5/c1-5-43-35(42)33(41)31-23(2)21-40-22-29-26-11-8-10-25(19-26)28-13-12-27(37)20-30(28)45-24(3)9-6-7-18-44-36(4)14-16-39(17-15-36)32(31)34(40)38-29/h8,10-13,19-22,24,33,41H,5-7,9,14-18H2,1-4H3/t24-,33-/m0/s1. The molecule has 1 saturated heterocycles. The van der Waals surface area contributed by atoms with Crippen molar-refractivity contribution < 1.29 is 28.5 Å². The molecule has 238 valence electrons. The number of benzene rings is 2. The second-order valence-corrected chi connectivity index (χ2v) is 12.5. The quantitative estimate of drug-likeness (QED) is 0.248. The predicted molar refractivity (Wildman–Crippen MR) is 172 cm³/mol. The van der Waals surface area contributed by atoms with Gasteiger partial charge in [0.15, 0.2) is 11.8 Å². The largest absolute Gasteiger partial charge is 0.490 e. The number of pyridine rings is 1. The number of aliphatic hydroxyl groups excluding tert-OH is 1. The van der Waals surface area contributed by atoms with Crippen LogP contribution in [0.3, 0.4) is 0 Å². The van der Waals surface area contributed by atoms with Crippen LogP contribution in [0.4, 0.5) is 10.1 Å². The Hall–Kier alpha value is -3.95. The van der Waals surface area contributed by atoms with Crippen LogP contribution in [0.15, 0.2) is 54.9 Å². The zero-order chi connectivity index (χ0) is 31.7. The van der Waals surface area contributed by atoms with E-state index in [0.717, 1.165) is 65.7 Å². The number of aryl methyl sites for hydroxylation is 1. The van der Waals surface area contributed by atoms with Crippen LogP contribution in [0, 0.1) is 12.7 Å². The minimum atomic E-state index is -1.44. The Morgan fingerprint density at radius 1 is 1.16 bits per heavy atom. The molecule has 1 fully saturated rings. The first-order valence-electron chi connectivity index (χ1n) is 16.0. The van der Waals surface area contributed by atoms with Crippen molar-refractivity contribution in [3.63, 3.8) is 0 Å². The topological polar surface area (TPSA) is 85.5 Å². The normalized spacial score (nSPS) is 21.3. The van der Waals surface area contributed by atoms with E-state index >= 15 is 0 Å². The SMILES string of the molecule is CCOC(=O)[C@@H](O)c1c(C)cn2cc3nc2c1N1CCC(C)(CC1)OCCCC[C@H](C)Oc1cc(F)ccc1-c1cccc-3c1. The van der Waals surface area contributed by atoms with E-state index in [9.17, 15) is 14.3 Å². The van der Waals surface area contributed by atoms with Crippen molar-refractivity contribution in [2.75, 3.05) is 31.2 Å². The van der Waals surface area contributed by atoms with E-state index in [1.807, 2.05) is 54.9 Å². The Balaban J connectivity index is 1.50. The molecule has 45 heavy (non-hydrogen) atoms. The summed E-state index contributed by atoms with van der Waals surface area (Å²) in [6.45, 7) is 10.0. The fourth-order valence-corrected chi connectivity index (χ4v) is 6.54. The molecular weight excluding hydrogens is 573 g/mol. The first kappa shape index (κ1) is 31.0. The molecule has 0 spiro atoms. The summed E-state index contributed by atoms with van der Waals surface area (Å²) in [5, 5.41) is 11.3. The number of aliphatic hydroxyl groups is 1. The third-order valence-corrected chi connectivity index (χ3v) is 9.07. The Morgan fingerprint density at radius 2 is 1.93 bits per heavy atom. The van der Waals surface area contributed by atoms with E-state index in [2.05, 4.69) is 11.8 Å². The summed E-state index contributed by atoms with van der Waals surface area (Å²) >= 11 is 0. The van der Waals surface area contributed by atoms with Gasteiger partial charge in [-0.3, -0.25) is 0 Å². The molecule has 2 aromatic heterocycles. The molecule has 0 unspecified atom stereocenters. The number of rotatable bonds is 3. The van der Waals surface area contributed by atoms with Gasteiger partial charge in [-0.15, -0.1) is 0 Å². The van der Waals surface area contributed by atoms with E-state index in [1.165, 1.54) is 12.1 Å². The number of carbonyl (C=O) groups is 1. The van der Waals surface area contributed by atoms with Gasteiger partial charge in [-0.1, -0.05) is 18.2 Å². The van der Waals surface area contributed by atoms with Gasteiger partial charge in [0.05, 0.1) is 29.7 Å². The van der Waals surface area contributed by atoms with Gasteiger partial charge in [-0.05, 0) is 89.1 Å². The van der Waals surface area contributed by atoms with Gasteiger partial charge in [0, 0.05) is 54.8 Å². The molecule has 0 amide bonds. The van der Waals surface area contributed by atoms with Gasteiger partial charge >= 0.3 is 5.97 Å². The van der Waals surface area contributed by atoms with Gasteiger partial charge in [0.1, 0.15) is 11.6 Å². The zero-order valence-electron chi connectivity index (χ0n) is 26.5. The Bertz CT molecular complexity index is 1690. The molecular formula is C36H42FN3O5. The van der Waals surface area contributed by atoms with Crippen LogP contribution in [0.2, 0.25) is 0 Å². The third kappa shape index (κ3) is 6.42. The van der Waals surface area contributed by atoms with Crippen LogP contribution in [-0.4, -0.2) is 58.5 Å². The van der Waals surface area contributed by atoms with E-state index in [1.54, 1.807) is 13.0 Å². The second kappa shape index (κ2) is 12.8. The molecule has 0 radical (unpaired) electrons. The summed E-state index contributed by atoms with van der Waals surface area (Å²) in [5.41, 5.74) is 5.69. The smallest absolute Gasteiger partial charge is 0.339 e. The van der Waals surface area contributed by atoms with Crippen molar-refractivity contribution in [1.29, 1.82) is 0 Å². The lowest BCUT2D eigenvalue weighted by Crippen LogP contribution is -2.45. The molecule has 3 aliphatic rings. The fraction of sp³-hybridized carbons (Fsp3) is 0.444. The Morgan fingerprint density at radius 3 is 2.71 bits per heavy atom. The average Bonchev–Trinajstić information content (AvgIpc) is 3.44. The summed E-state index contributed by atoms with van der Waals surface area (Å²) in [7, 11) is 0. The van der Waals surface area contributed by atoms with Gasteiger partial charge in [0.25, 0.3) is 0 Å². The number of aromatic nitrogens is 2. The number of piperidine rings is 1. The van der Waals surface area contributed by atoms with Crippen LogP contribution in [0.5, 0.6) is 5.75 Å². The molecule has 2 atom stereocenters. The van der Waals surface area contributed by atoms with Gasteiger partial charge in [0.2, 0.25) is 0 Å². The molecule has 7 rings (SSSR count). The predicted octanol–water partition coefficient (Wildman–Crippen LogP) is 7.04. The summed E-state index contributed by atoms with van der Waals surface area (Å²) in [6, 6.07) is 12.7. The van der Waals surface area contributed by atoms with Crippen molar-refractivity contribution in [3.8, 4) is 28.1 Å². The molecule has 4 aromatic rings. The van der Waals surface area contributed by atoms with Crippen molar-refractivity contribution in [2.45, 2.75) is 77.6 Å². The first-order chi connectivity index (χ1) is 21.7. The molecule has 9 heteroatoms. The van der Waals surface area contributed by atoms with E-state index < -0.39 is 12.1 Å². The van der Waals surface area contributed by atoms with Crippen LogP contribution in [0.25, 0.3) is 28.0 Å². The minimum Gasteiger partial charge on any atom is -0.490 e. The van der Waals surface area contributed by atoms with Gasteiger partial charge < -0.3 is 28.6 Å². The summed E-state index contributed by atoms with van der Waals surface area (Å²) in [4.78, 5) is 20.2. The van der Waals surface area contributed by atoms with Crippen LogP contribution in [-0.2, 0) is 14.3 Å². The third-order valence-electron chi connectivity index (χ3n) is 9.07. The number of imidazole rings is 1. The maximum Gasteiger partial charge on any atom is 0.339 e. The number of hydrogen-bond donors (Lipinski definition) is 1. The summed E-state index contributed by atoms with van der Waals surface area (Å²) in [6.07, 6.45) is 6.58. The lowest BCUT2D eigenvalue weighted by atomic mass is 9.91. The highest BCUT2D eigenvalue weighted by atomic mass is 19.1. The molecule has 2 aromatic carbocycles. The summed E-state index contributed by atoms with van der Waals surface area (Å²) < 4.78 is 34.4. The molecule has 6 bridgehead atoms. The molecule has 1 N–H and O–H groups in total. The number of anilines is 1. The minimum absolute atomic E-state index is 0.0857. The lowest BCUT2D eigenvalue weighted by Gasteiger charge is -2.41. The van der Waals surface area contributed by atoms with Crippen LogP contribution < -0.4 is 9.64 Å². The molecule has 5 heterocycles.